The lowest BCUT2D eigenvalue weighted by Crippen LogP contribution is -2.51. The lowest BCUT2D eigenvalue weighted by Gasteiger charge is -2.21. The first-order chi connectivity index (χ1) is 9.55. The number of esters is 1. The minimum Gasteiger partial charge on any atom is -0.461 e. The number of carbonyl (C=O) groups is 2. The summed E-state index contributed by atoms with van der Waals surface area (Å²) < 4.78 is 4.86. The van der Waals surface area contributed by atoms with E-state index in [1.807, 2.05) is 0 Å². The predicted molar refractivity (Wildman–Crippen MR) is 75.3 cm³/mol. The zero-order chi connectivity index (χ0) is 14.6. The van der Waals surface area contributed by atoms with Crippen LogP contribution >= 0.6 is 11.3 Å². The van der Waals surface area contributed by atoms with Gasteiger partial charge in [0, 0.05) is 5.38 Å². The van der Waals surface area contributed by atoms with Crippen molar-refractivity contribution in [1.82, 2.24) is 10.3 Å². The van der Waals surface area contributed by atoms with Crippen LogP contribution in [-0.2, 0) is 16.1 Å². The molecule has 1 heterocycles. The monoisotopic (exact) mass is 297 g/mol. The van der Waals surface area contributed by atoms with E-state index in [1.54, 1.807) is 12.3 Å². The molecule has 1 aliphatic rings. The van der Waals surface area contributed by atoms with Crippen LogP contribution in [0.25, 0.3) is 0 Å². The van der Waals surface area contributed by atoms with Crippen LogP contribution in [0.4, 0.5) is 0 Å². The van der Waals surface area contributed by atoms with E-state index in [1.165, 1.54) is 11.3 Å². The van der Waals surface area contributed by atoms with Gasteiger partial charge in [0.2, 0.25) is 5.91 Å². The maximum Gasteiger partial charge on any atom is 0.357 e. The van der Waals surface area contributed by atoms with E-state index >= 15 is 0 Å². The maximum absolute atomic E-state index is 12.0. The lowest BCUT2D eigenvalue weighted by molar-refractivity contribution is -0.126. The molecular formula is C13H19N3O3S. The molecule has 1 fully saturated rings. The number of nitrogens with one attached hydrogen (secondary N) is 1. The average molecular weight is 297 g/mol. The summed E-state index contributed by atoms with van der Waals surface area (Å²) in [4.78, 5) is 27.6. The van der Waals surface area contributed by atoms with Crippen molar-refractivity contribution in [1.29, 1.82) is 0 Å². The molecule has 0 unspecified atom stereocenters. The fraction of sp³-hybridized carbons (Fsp3) is 0.615. The van der Waals surface area contributed by atoms with Crippen molar-refractivity contribution in [2.24, 2.45) is 5.73 Å². The minimum absolute atomic E-state index is 0.136. The zero-order valence-corrected chi connectivity index (χ0v) is 12.3. The van der Waals surface area contributed by atoms with Crippen molar-refractivity contribution in [3.8, 4) is 0 Å². The molecule has 1 saturated carbocycles. The Balaban J connectivity index is 1.88. The van der Waals surface area contributed by atoms with Crippen LogP contribution in [0, 0.1) is 0 Å². The number of aromatic nitrogens is 1. The summed E-state index contributed by atoms with van der Waals surface area (Å²) in [6, 6.07) is 0. The van der Waals surface area contributed by atoms with Crippen LogP contribution in [0.15, 0.2) is 5.38 Å². The summed E-state index contributed by atoms with van der Waals surface area (Å²) in [6.45, 7) is 2.35. The number of hydrogen-bond acceptors (Lipinski definition) is 6. The number of ether oxygens (including phenoxy) is 1. The molecule has 0 saturated heterocycles. The molecule has 0 atom stereocenters. The Labute approximate surface area is 121 Å². The molecule has 7 heteroatoms. The topological polar surface area (TPSA) is 94.3 Å². The first kappa shape index (κ1) is 14.9. The number of nitrogens with zero attached hydrogens (tertiary/aromatic N) is 1. The molecule has 1 aromatic heterocycles. The van der Waals surface area contributed by atoms with Gasteiger partial charge in [-0.2, -0.15) is 0 Å². The highest BCUT2D eigenvalue weighted by Crippen LogP contribution is 2.27. The summed E-state index contributed by atoms with van der Waals surface area (Å²) >= 11 is 1.32. The molecule has 110 valence electrons. The van der Waals surface area contributed by atoms with Gasteiger partial charge in [-0.15, -0.1) is 11.3 Å². The average Bonchev–Trinajstić information content (AvgIpc) is 3.06. The molecule has 6 nitrogen and oxygen atoms in total. The van der Waals surface area contributed by atoms with Gasteiger partial charge in [0.1, 0.15) is 5.01 Å². The third kappa shape index (κ3) is 3.34. The van der Waals surface area contributed by atoms with Gasteiger partial charge in [-0.3, -0.25) is 4.79 Å². The number of nitrogens with two attached hydrogens (primary N) is 1. The van der Waals surface area contributed by atoms with Crippen molar-refractivity contribution < 1.29 is 14.3 Å². The lowest BCUT2D eigenvalue weighted by atomic mass is 9.98. The summed E-state index contributed by atoms with van der Waals surface area (Å²) in [6.07, 6.45) is 3.44. The fourth-order valence-electron chi connectivity index (χ4n) is 2.26. The first-order valence-electron chi connectivity index (χ1n) is 6.74. The highest BCUT2D eigenvalue weighted by molar-refractivity contribution is 7.09. The Morgan fingerprint density at radius 1 is 1.50 bits per heavy atom. The van der Waals surface area contributed by atoms with Gasteiger partial charge < -0.3 is 15.8 Å². The van der Waals surface area contributed by atoms with E-state index in [0.29, 0.717) is 18.2 Å². The Kier molecular flexibility index (Phi) is 4.72. The van der Waals surface area contributed by atoms with Crippen LogP contribution in [-0.4, -0.2) is 29.0 Å². The summed E-state index contributed by atoms with van der Waals surface area (Å²) in [5, 5.41) is 5.10. The van der Waals surface area contributed by atoms with E-state index < -0.39 is 11.5 Å². The minimum atomic E-state index is -0.735. The van der Waals surface area contributed by atoms with Crippen molar-refractivity contribution in [3.05, 3.63) is 16.1 Å². The van der Waals surface area contributed by atoms with Crippen molar-refractivity contribution in [2.45, 2.75) is 44.7 Å². The van der Waals surface area contributed by atoms with Crippen LogP contribution in [0.3, 0.4) is 0 Å². The first-order valence-corrected chi connectivity index (χ1v) is 7.62. The van der Waals surface area contributed by atoms with E-state index in [-0.39, 0.29) is 11.6 Å². The van der Waals surface area contributed by atoms with Crippen LogP contribution < -0.4 is 11.1 Å². The van der Waals surface area contributed by atoms with Gasteiger partial charge in [-0.25, -0.2) is 9.78 Å². The molecule has 1 aliphatic carbocycles. The third-order valence-electron chi connectivity index (χ3n) is 3.38. The summed E-state index contributed by atoms with van der Waals surface area (Å²) in [7, 11) is 0. The molecule has 1 amide bonds. The van der Waals surface area contributed by atoms with Gasteiger partial charge >= 0.3 is 5.97 Å². The molecule has 20 heavy (non-hydrogen) atoms. The quantitative estimate of drug-likeness (QED) is 0.797. The second kappa shape index (κ2) is 6.32. The van der Waals surface area contributed by atoms with E-state index in [0.717, 1.165) is 25.7 Å². The molecule has 2 rings (SSSR count). The number of rotatable bonds is 5. The second-order valence-electron chi connectivity index (χ2n) is 4.89. The van der Waals surface area contributed by atoms with Crippen LogP contribution in [0.2, 0.25) is 0 Å². The summed E-state index contributed by atoms with van der Waals surface area (Å²) in [5.41, 5.74) is 5.60. The van der Waals surface area contributed by atoms with E-state index in [2.05, 4.69) is 10.3 Å². The van der Waals surface area contributed by atoms with E-state index in [9.17, 15) is 9.59 Å². The Morgan fingerprint density at radius 3 is 2.85 bits per heavy atom. The van der Waals surface area contributed by atoms with Gasteiger partial charge in [0.05, 0.1) is 18.7 Å². The number of carbonyl (C=O) groups excluding carboxylic acids is 2. The predicted octanol–water partition coefficient (Wildman–Crippen LogP) is 1.21. The van der Waals surface area contributed by atoms with Gasteiger partial charge in [0.25, 0.3) is 0 Å². The van der Waals surface area contributed by atoms with Crippen molar-refractivity contribution in [3.63, 3.8) is 0 Å². The molecule has 0 aliphatic heterocycles. The van der Waals surface area contributed by atoms with Crippen LogP contribution in [0.5, 0.6) is 0 Å². The Hall–Kier alpha value is -1.47. The molecule has 0 radical (unpaired) electrons. The molecule has 0 spiro atoms. The molecule has 0 bridgehead atoms. The zero-order valence-electron chi connectivity index (χ0n) is 11.5. The highest BCUT2D eigenvalue weighted by atomic mass is 32.1. The smallest absolute Gasteiger partial charge is 0.357 e. The summed E-state index contributed by atoms with van der Waals surface area (Å²) in [5.74, 6) is -0.574. The Bertz CT molecular complexity index is 495. The fourth-order valence-corrected chi connectivity index (χ4v) is 2.96. The Morgan fingerprint density at radius 2 is 2.20 bits per heavy atom. The third-order valence-corrected chi connectivity index (χ3v) is 4.23. The van der Waals surface area contributed by atoms with Gasteiger partial charge in [-0.05, 0) is 19.8 Å². The van der Waals surface area contributed by atoms with Crippen molar-refractivity contribution in [2.75, 3.05) is 6.61 Å². The van der Waals surface area contributed by atoms with Gasteiger partial charge in [-0.1, -0.05) is 12.8 Å². The normalized spacial score (nSPS) is 16.9. The van der Waals surface area contributed by atoms with Crippen molar-refractivity contribution >= 4 is 23.2 Å². The standard InChI is InChI=1S/C13H19N3O3S/c1-2-19-11(17)9-8-20-10(16-9)7-15-12(18)13(14)5-3-4-6-13/h8H,2-7,14H2,1H3,(H,15,18). The molecule has 1 aromatic rings. The molecular weight excluding hydrogens is 278 g/mol. The second-order valence-corrected chi connectivity index (χ2v) is 5.84. The SMILES string of the molecule is CCOC(=O)c1csc(CNC(=O)C2(N)CCCC2)n1. The number of amides is 1. The number of hydrogen-bond donors (Lipinski definition) is 2. The van der Waals surface area contributed by atoms with Crippen LogP contribution in [0.1, 0.15) is 48.1 Å². The maximum atomic E-state index is 12.0. The highest BCUT2D eigenvalue weighted by Gasteiger charge is 2.36. The van der Waals surface area contributed by atoms with E-state index in [4.69, 9.17) is 10.5 Å². The molecule has 0 aromatic carbocycles. The number of thiazole rings is 1. The van der Waals surface area contributed by atoms with Gasteiger partial charge in [0.15, 0.2) is 5.69 Å². The molecule has 3 N–H and O–H groups in total. The largest absolute Gasteiger partial charge is 0.461 e.